The molecule has 3 N–H and O–H groups in total. The van der Waals surface area contributed by atoms with Crippen molar-refractivity contribution in [3.05, 3.63) is 87.9 Å². The van der Waals surface area contributed by atoms with Crippen LogP contribution in [-0.2, 0) is 9.53 Å². The van der Waals surface area contributed by atoms with Gasteiger partial charge < -0.3 is 15.2 Å². The number of benzene rings is 3. The molecule has 8 heteroatoms. The molecule has 7 nitrogen and oxygen atoms in total. The summed E-state index contributed by atoms with van der Waals surface area (Å²) in [6.45, 7) is 0.165. The number of anilines is 1. The molecule has 1 fully saturated rings. The largest absolute Gasteiger partial charge is 0.480 e. The molecule has 172 valence electrons. The van der Waals surface area contributed by atoms with Crippen LogP contribution in [0.5, 0.6) is 0 Å². The quantitative estimate of drug-likeness (QED) is 0.416. The minimum atomic E-state index is -1.19. The molecule has 0 radical (unpaired) electrons. The molecule has 5 rings (SSSR count). The first-order chi connectivity index (χ1) is 16.4. The van der Waals surface area contributed by atoms with Gasteiger partial charge in [-0.3, -0.25) is 10.1 Å². The highest BCUT2D eigenvalue weighted by atomic mass is 79.9. The Bertz CT molecular complexity index is 1270. The van der Waals surface area contributed by atoms with Crippen LogP contribution in [0, 0.1) is 0 Å². The minimum absolute atomic E-state index is 0.0653. The van der Waals surface area contributed by atoms with Crippen molar-refractivity contribution in [1.82, 2.24) is 5.32 Å². The van der Waals surface area contributed by atoms with Crippen LogP contribution in [0.2, 0.25) is 0 Å². The van der Waals surface area contributed by atoms with E-state index in [-0.39, 0.29) is 18.1 Å². The predicted octanol–water partition coefficient (Wildman–Crippen LogP) is 5.16. The maximum atomic E-state index is 12.6. The van der Waals surface area contributed by atoms with Gasteiger partial charge >= 0.3 is 12.1 Å². The number of hydrogen-bond donors (Lipinski definition) is 3. The second-order valence-electron chi connectivity index (χ2n) is 8.49. The van der Waals surface area contributed by atoms with Crippen LogP contribution in [0.25, 0.3) is 11.1 Å². The molecule has 0 heterocycles. The van der Waals surface area contributed by atoms with E-state index in [0.29, 0.717) is 23.0 Å². The van der Waals surface area contributed by atoms with E-state index in [0.717, 1.165) is 22.3 Å². The number of fused-ring (bicyclic) bond motifs is 3. The number of carboxylic acids is 1. The number of hydrogen-bond acceptors (Lipinski definition) is 4. The summed E-state index contributed by atoms with van der Waals surface area (Å²) in [4.78, 5) is 36.5. The van der Waals surface area contributed by atoms with Crippen LogP contribution >= 0.6 is 15.9 Å². The lowest BCUT2D eigenvalue weighted by atomic mass is 9.98. The van der Waals surface area contributed by atoms with Crippen molar-refractivity contribution in [3.8, 4) is 11.1 Å². The number of aliphatic carboxylic acids is 1. The Morgan fingerprint density at radius 1 is 0.971 bits per heavy atom. The van der Waals surface area contributed by atoms with E-state index in [1.165, 1.54) is 6.07 Å². The molecular weight excluding hydrogens is 500 g/mol. The number of carbonyl (C=O) groups excluding carboxylic acids is 2. The highest BCUT2D eigenvalue weighted by Gasteiger charge is 2.51. The van der Waals surface area contributed by atoms with E-state index in [2.05, 4.69) is 38.7 Å². The lowest BCUT2D eigenvalue weighted by Crippen LogP contribution is -2.43. The van der Waals surface area contributed by atoms with Crippen LogP contribution in [0.4, 0.5) is 10.5 Å². The van der Waals surface area contributed by atoms with Crippen LogP contribution in [-0.4, -0.2) is 35.2 Å². The standard InChI is InChI=1S/C26H21BrN2O5/c27-21-10-9-15(23(30)29-26(11-12-26)24(31)32)13-22(21)28-25(33)34-14-20-18-7-3-1-5-16(18)17-6-2-4-8-19(17)20/h1-10,13,20H,11-12,14H2,(H,28,33)(H,29,30)(H,31,32). The van der Waals surface area contributed by atoms with Crippen molar-refractivity contribution in [2.24, 2.45) is 0 Å². The number of rotatable bonds is 6. The van der Waals surface area contributed by atoms with Gasteiger partial charge in [-0.25, -0.2) is 9.59 Å². The molecule has 0 bridgehead atoms. The van der Waals surface area contributed by atoms with Crippen LogP contribution in [0.15, 0.2) is 71.2 Å². The molecule has 0 aromatic heterocycles. The van der Waals surface area contributed by atoms with E-state index in [1.807, 2.05) is 36.4 Å². The van der Waals surface area contributed by atoms with Crippen molar-refractivity contribution in [2.75, 3.05) is 11.9 Å². The fraction of sp³-hybridized carbons (Fsp3) is 0.192. The van der Waals surface area contributed by atoms with Gasteiger partial charge in [0.1, 0.15) is 12.1 Å². The highest BCUT2D eigenvalue weighted by molar-refractivity contribution is 9.10. The molecule has 0 spiro atoms. The Hall–Kier alpha value is -3.65. The second-order valence-corrected chi connectivity index (χ2v) is 9.34. The lowest BCUT2D eigenvalue weighted by molar-refractivity contribution is -0.140. The zero-order valence-corrected chi connectivity index (χ0v) is 19.6. The van der Waals surface area contributed by atoms with Gasteiger partial charge in [0.05, 0.1) is 5.69 Å². The zero-order valence-electron chi connectivity index (χ0n) is 18.0. The average molecular weight is 521 g/mol. The SMILES string of the molecule is O=C(Nc1cc(C(=O)NC2(C(=O)O)CC2)ccc1Br)OCC1c2ccccc2-c2ccccc21. The molecule has 0 saturated heterocycles. The molecule has 34 heavy (non-hydrogen) atoms. The Labute approximate surface area is 204 Å². The molecule has 2 aliphatic rings. The average Bonchev–Trinajstić information content (AvgIpc) is 3.55. The molecule has 1 saturated carbocycles. The molecule has 3 aromatic rings. The molecule has 0 atom stereocenters. The first-order valence-electron chi connectivity index (χ1n) is 10.9. The summed E-state index contributed by atoms with van der Waals surface area (Å²) in [6, 6.07) is 20.8. The van der Waals surface area contributed by atoms with Crippen molar-refractivity contribution in [1.29, 1.82) is 0 Å². The van der Waals surface area contributed by atoms with Gasteiger partial charge in [-0.05, 0) is 69.2 Å². The van der Waals surface area contributed by atoms with Crippen molar-refractivity contribution < 1.29 is 24.2 Å². The third kappa shape index (κ3) is 4.05. The number of carbonyl (C=O) groups is 3. The molecule has 3 aromatic carbocycles. The van der Waals surface area contributed by atoms with E-state index in [9.17, 15) is 19.5 Å². The molecule has 2 amide bonds. The first-order valence-corrected chi connectivity index (χ1v) is 11.6. The summed E-state index contributed by atoms with van der Waals surface area (Å²) in [5, 5.41) is 14.5. The van der Waals surface area contributed by atoms with Gasteiger partial charge in [-0.2, -0.15) is 0 Å². The molecular formula is C26H21BrN2O5. The Morgan fingerprint density at radius 3 is 2.18 bits per heavy atom. The maximum Gasteiger partial charge on any atom is 0.411 e. The van der Waals surface area contributed by atoms with Gasteiger partial charge in [0.2, 0.25) is 0 Å². The predicted molar refractivity (Wildman–Crippen MR) is 130 cm³/mol. The summed E-state index contributed by atoms with van der Waals surface area (Å²) in [7, 11) is 0. The van der Waals surface area contributed by atoms with E-state index < -0.39 is 23.5 Å². The van der Waals surface area contributed by atoms with E-state index in [1.54, 1.807) is 12.1 Å². The summed E-state index contributed by atoms with van der Waals surface area (Å²) in [5.74, 6) is -1.62. The molecule has 0 unspecified atom stereocenters. The molecule has 0 aliphatic heterocycles. The van der Waals surface area contributed by atoms with Crippen LogP contribution in [0.3, 0.4) is 0 Å². The number of ether oxygens (including phenoxy) is 1. The number of amides is 2. The fourth-order valence-corrected chi connectivity index (χ4v) is 4.66. The summed E-state index contributed by atoms with van der Waals surface area (Å²) >= 11 is 3.37. The topological polar surface area (TPSA) is 105 Å². The van der Waals surface area contributed by atoms with Crippen LogP contribution in [0.1, 0.15) is 40.2 Å². The summed E-state index contributed by atoms with van der Waals surface area (Å²) in [5.41, 5.74) is 3.92. The zero-order chi connectivity index (χ0) is 23.9. The van der Waals surface area contributed by atoms with Crippen molar-refractivity contribution in [2.45, 2.75) is 24.3 Å². The minimum Gasteiger partial charge on any atom is -0.480 e. The van der Waals surface area contributed by atoms with Gasteiger partial charge in [-0.1, -0.05) is 48.5 Å². The number of nitrogens with one attached hydrogen (secondary N) is 2. The first kappa shape index (κ1) is 22.2. The number of carboxylic acid groups (broad SMARTS) is 1. The van der Waals surface area contributed by atoms with Gasteiger partial charge in [-0.15, -0.1) is 0 Å². The van der Waals surface area contributed by atoms with E-state index >= 15 is 0 Å². The summed E-state index contributed by atoms with van der Waals surface area (Å²) < 4.78 is 6.14. The smallest absolute Gasteiger partial charge is 0.411 e. The Morgan fingerprint density at radius 2 is 1.59 bits per heavy atom. The molecule has 2 aliphatic carbocycles. The lowest BCUT2D eigenvalue weighted by Gasteiger charge is -2.16. The van der Waals surface area contributed by atoms with Gasteiger partial charge in [0.25, 0.3) is 5.91 Å². The van der Waals surface area contributed by atoms with Crippen molar-refractivity contribution in [3.63, 3.8) is 0 Å². The van der Waals surface area contributed by atoms with Crippen molar-refractivity contribution >= 4 is 39.6 Å². The third-order valence-electron chi connectivity index (χ3n) is 6.32. The van der Waals surface area contributed by atoms with E-state index in [4.69, 9.17) is 4.74 Å². The normalized spacial score (nSPS) is 15.1. The van der Waals surface area contributed by atoms with Crippen LogP contribution < -0.4 is 10.6 Å². The van der Waals surface area contributed by atoms with Gasteiger partial charge in [0.15, 0.2) is 0 Å². The Balaban J connectivity index is 1.27. The monoisotopic (exact) mass is 520 g/mol. The maximum absolute atomic E-state index is 12.6. The number of halogens is 1. The third-order valence-corrected chi connectivity index (χ3v) is 7.01. The summed E-state index contributed by atoms with van der Waals surface area (Å²) in [6.07, 6.45) is 0.148. The van der Waals surface area contributed by atoms with Gasteiger partial charge in [0, 0.05) is 16.0 Å². The fourth-order valence-electron chi connectivity index (χ4n) is 4.31. The Kier molecular flexibility index (Phi) is 5.61. The second kappa shape index (κ2) is 8.61. The highest BCUT2D eigenvalue weighted by Crippen LogP contribution is 2.44.